The van der Waals surface area contributed by atoms with E-state index in [1.54, 1.807) is 30.3 Å². The number of aliphatic imine (C=N–C) groups is 1. The highest BCUT2D eigenvalue weighted by atomic mass is 32.2. The molecule has 2 amide bonds. The van der Waals surface area contributed by atoms with Crippen molar-refractivity contribution in [3.05, 3.63) is 60.2 Å². The second kappa shape index (κ2) is 14.1. The summed E-state index contributed by atoms with van der Waals surface area (Å²) in [6.07, 6.45) is 2.12. The van der Waals surface area contributed by atoms with Crippen LogP contribution in [0.5, 0.6) is 5.75 Å². The predicted molar refractivity (Wildman–Crippen MR) is 150 cm³/mol. The summed E-state index contributed by atoms with van der Waals surface area (Å²) >= 11 is 0. The second-order valence-corrected chi connectivity index (χ2v) is 11.3. The lowest BCUT2D eigenvalue weighted by atomic mass is 9.82. The molecular weight excluding hydrogens is 537 g/mol. The standard InChI is InChI=1S/C26H36BN5O7S/c28-25(29)32-22(9-6-17-27(36)39-40(37,38)21-7-2-1-3-8-21)31-24(35)26(15-4-5-16-26)23(34)30-18-14-19-10-12-20(33)13-11-19/h1-3,7-8,10-13,22,33,36H,4-6,9,14-18H2,(H,30,34)(H,31,35)(H4,28,29,32). The number of nitrogens with one attached hydrogen (secondary N) is 2. The van der Waals surface area contributed by atoms with Crippen LogP contribution in [0.3, 0.4) is 0 Å². The first-order chi connectivity index (χ1) is 19.0. The van der Waals surface area contributed by atoms with Crippen LogP contribution in [0.2, 0.25) is 6.32 Å². The van der Waals surface area contributed by atoms with Crippen LogP contribution in [-0.2, 0) is 30.2 Å². The van der Waals surface area contributed by atoms with Crippen LogP contribution in [0.25, 0.3) is 0 Å². The van der Waals surface area contributed by atoms with Gasteiger partial charge in [0.2, 0.25) is 11.8 Å². The normalized spacial score (nSPS) is 15.1. The van der Waals surface area contributed by atoms with Gasteiger partial charge in [0, 0.05) is 6.54 Å². The molecule has 14 heteroatoms. The highest BCUT2D eigenvalue weighted by molar-refractivity contribution is 7.87. The Balaban J connectivity index is 1.56. The molecule has 2 aromatic carbocycles. The van der Waals surface area contributed by atoms with Crippen LogP contribution in [0.15, 0.2) is 64.5 Å². The lowest BCUT2D eigenvalue weighted by Crippen LogP contribution is -2.52. The molecule has 1 aliphatic rings. The van der Waals surface area contributed by atoms with E-state index >= 15 is 0 Å². The Labute approximate surface area is 234 Å². The molecule has 0 spiro atoms. The van der Waals surface area contributed by atoms with Crippen LogP contribution >= 0.6 is 0 Å². The van der Waals surface area contributed by atoms with Gasteiger partial charge in [-0.2, -0.15) is 8.42 Å². The Bertz CT molecular complexity index is 1270. The molecule has 1 atom stereocenters. The largest absolute Gasteiger partial charge is 0.508 e. The minimum absolute atomic E-state index is 0.0681. The summed E-state index contributed by atoms with van der Waals surface area (Å²) in [5.41, 5.74) is 10.8. The van der Waals surface area contributed by atoms with E-state index in [1.165, 1.54) is 24.3 Å². The molecule has 1 unspecified atom stereocenters. The third-order valence-electron chi connectivity index (χ3n) is 6.76. The van der Waals surface area contributed by atoms with E-state index in [0.717, 1.165) is 5.56 Å². The summed E-state index contributed by atoms with van der Waals surface area (Å²) in [6, 6.07) is 14.1. The molecule has 2 aromatic rings. The number of nitrogens with two attached hydrogens (primary N) is 2. The predicted octanol–water partition coefficient (Wildman–Crippen LogP) is 0.993. The highest BCUT2D eigenvalue weighted by Crippen LogP contribution is 2.39. The van der Waals surface area contributed by atoms with Gasteiger partial charge in [-0.25, -0.2) is 4.99 Å². The number of hydrogen-bond acceptors (Lipinski definition) is 8. The van der Waals surface area contributed by atoms with E-state index in [9.17, 15) is 28.1 Å². The number of nitrogens with zero attached hydrogens (tertiary/aromatic N) is 1. The zero-order valence-electron chi connectivity index (χ0n) is 22.2. The van der Waals surface area contributed by atoms with Crippen molar-refractivity contribution in [3.8, 4) is 5.75 Å². The second-order valence-electron chi connectivity index (χ2n) is 9.75. The maximum atomic E-state index is 13.4. The monoisotopic (exact) mass is 573 g/mol. The van der Waals surface area contributed by atoms with Gasteiger partial charge in [-0.3, -0.25) is 13.7 Å². The summed E-state index contributed by atoms with van der Waals surface area (Å²) in [4.78, 5) is 30.6. The van der Waals surface area contributed by atoms with E-state index in [4.69, 9.17) is 15.6 Å². The topological polar surface area (TPSA) is 206 Å². The van der Waals surface area contributed by atoms with Gasteiger partial charge in [0.25, 0.3) is 10.1 Å². The summed E-state index contributed by atoms with van der Waals surface area (Å²) in [6.45, 7) is 0.319. The zero-order chi connectivity index (χ0) is 29.2. The number of phenolic OH excluding ortho intramolecular Hbond substituents is 1. The molecule has 1 fully saturated rings. The minimum Gasteiger partial charge on any atom is -0.508 e. The molecule has 1 aliphatic carbocycles. The van der Waals surface area contributed by atoms with E-state index in [2.05, 4.69) is 15.6 Å². The van der Waals surface area contributed by atoms with Crippen molar-refractivity contribution >= 4 is 35.0 Å². The van der Waals surface area contributed by atoms with Gasteiger partial charge in [0.1, 0.15) is 17.3 Å². The fourth-order valence-corrected chi connectivity index (χ4v) is 5.64. The van der Waals surface area contributed by atoms with Crippen molar-refractivity contribution in [3.63, 3.8) is 0 Å². The summed E-state index contributed by atoms with van der Waals surface area (Å²) < 4.78 is 29.5. The third-order valence-corrected chi connectivity index (χ3v) is 8.09. The number of amides is 2. The van der Waals surface area contributed by atoms with Crippen molar-refractivity contribution < 1.29 is 32.2 Å². The molecular formula is C26H36BN5O7S. The smallest absolute Gasteiger partial charge is 0.471 e. The Morgan fingerprint density at radius 2 is 1.70 bits per heavy atom. The van der Waals surface area contributed by atoms with E-state index in [1.807, 2.05) is 0 Å². The van der Waals surface area contributed by atoms with Gasteiger partial charge in [-0.05, 0) is 61.8 Å². The minimum atomic E-state index is -4.15. The number of benzene rings is 2. The van der Waals surface area contributed by atoms with Crippen LogP contribution < -0.4 is 22.1 Å². The van der Waals surface area contributed by atoms with Crippen LogP contribution in [0.4, 0.5) is 0 Å². The molecule has 8 N–H and O–H groups in total. The fourth-order valence-electron chi connectivity index (χ4n) is 4.65. The van der Waals surface area contributed by atoms with Crippen LogP contribution in [0.1, 0.15) is 44.1 Å². The Morgan fingerprint density at radius 3 is 2.33 bits per heavy atom. The Hall–Kier alpha value is -3.62. The van der Waals surface area contributed by atoms with Crippen molar-refractivity contribution in [2.45, 2.75) is 62.3 Å². The molecule has 12 nitrogen and oxygen atoms in total. The van der Waals surface area contributed by atoms with Crippen molar-refractivity contribution in [2.24, 2.45) is 21.9 Å². The molecule has 0 saturated heterocycles. The van der Waals surface area contributed by atoms with Crippen LogP contribution in [-0.4, -0.2) is 56.2 Å². The number of hydrogen-bond donors (Lipinski definition) is 6. The van der Waals surface area contributed by atoms with Gasteiger partial charge in [0.15, 0.2) is 5.96 Å². The van der Waals surface area contributed by atoms with Crippen LogP contribution in [0, 0.1) is 5.41 Å². The lowest BCUT2D eigenvalue weighted by molar-refractivity contribution is -0.143. The quantitative estimate of drug-likeness (QED) is 0.0823. The van der Waals surface area contributed by atoms with Gasteiger partial charge in [-0.1, -0.05) is 49.6 Å². The van der Waals surface area contributed by atoms with Gasteiger partial charge in [-0.15, -0.1) is 0 Å². The summed E-state index contributed by atoms with van der Waals surface area (Å²) in [5.74, 6) is -0.984. The average Bonchev–Trinajstić information content (AvgIpc) is 3.41. The van der Waals surface area contributed by atoms with Gasteiger partial charge in [0.05, 0.1) is 4.90 Å². The third kappa shape index (κ3) is 8.70. The Kier molecular flexibility index (Phi) is 10.9. The maximum absolute atomic E-state index is 13.4. The first-order valence-electron chi connectivity index (χ1n) is 13.1. The van der Waals surface area contributed by atoms with Crippen molar-refractivity contribution in [1.82, 2.24) is 10.6 Å². The molecule has 40 heavy (non-hydrogen) atoms. The summed E-state index contributed by atoms with van der Waals surface area (Å²) in [5, 5.41) is 25.2. The molecule has 0 aromatic heterocycles. The number of guanidine groups is 1. The molecule has 216 valence electrons. The zero-order valence-corrected chi connectivity index (χ0v) is 23.0. The molecule has 0 heterocycles. The molecule has 3 rings (SSSR count). The van der Waals surface area contributed by atoms with E-state index < -0.39 is 34.7 Å². The average molecular weight is 573 g/mol. The first-order valence-corrected chi connectivity index (χ1v) is 14.5. The summed E-state index contributed by atoms with van der Waals surface area (Å²) in [7, 11) is -5.76. The van der Waals surface area contributed by atoms with Gasteiger partial charge < -0.3 is 32.2 Å². The number of carbonyl (C=O) groups excluding carboxylic acids is 2. The number of phenols is 1. The van der Waals surface area contributed by atoms with E-state index in [-0.39, 0.29) is 41.7 Å². The number of aromatic hydroxyl groups is 1. The lowest BCUT2D eigenvalue weighted by Gasteiger charge is -2.28. The SMILES string of the molecule is NC(N)=NC(CCCB(O)OS(=O)(=O)c1ccccc1)NC(=O)C1(C(=O)NCCc2ccc(O)cc2)CCCC1. The molecule has 1 saturated carbocycles. The molecule has 0 radical (unpaired) electrons. The van der Waals surface area contributed by atoms with Gasteiger partial charge >= 0.3 is 7.12 Å². The Morgan fingerprint density at radius 1 is 1.05 bits per heavy atom. The molecule has 0 aliphatic heterocycles. The highest BCUT2D eigenvalue weighted by Gasteiger charge is 2.48. The number of rotatable bonds is 14. The van der Waals surface area contributed by atoms with E-state index in [0.29, 0.717) is 38.6 Å². The number of carbonyl (C=O) groups is 2. The molecule has 0 bridgehead atoms. The maximum Gasteiger partial charge on any atom is 0.471 e. The van der Waals surface area contributed by atoms with Crippen molar-refractivity contribution in [2.75, 3.05) is 6.54 Å². The fraction of sp³-hybridized carbons (Fsp3) is 0.423. The first kappa shape index (κ1) is 30.9. The van der Waals surface area contributed by atoms with Crippen molar-refractivity contribution in [1.29, 1.82) is 0 Å².